The van der Waals surface area contributed by atoms with Gasteiger partial charge in [-0.2, -0.15) is 0 Å². The molecule has 1 atom stereocenters. The van der Waals surface area contributed by atoms with Gasteiger partial charge in [-0.05, 0) is 31.0 Å². The molecule has 0 aliphatic carbocycles. The molecule has 0 aromatic heterocycles. The number of carbonyl (C=O) groups is 2. The number of benzene rings is 1. The summed E-state index contributed by atoms with van der Waals surface area (Å²) in [6.45, 7) is 4.15. The second-order valence-electron chi connectivity index (χ2n) is 5.02. The monoisotopic (exact) mass is 280 g/mol. The molecule has 1 heterocycles. The van der Waals surface area contributed by atoms with Crippen molar-refractivity contribution >= 4 is 23.4 Å². The van der Waals surface area contributed by atoms with Gasteiger partial charge in [0.2, 0.25) is 11.8 Å². The van der Waals surface area contributed by atoms with Crippen LogP contribution in [0.15, 0.2) is 24.3 Å². The van der Waals surface area contributed by atoms with E-state index in [0.29, 0.717) is 18.0 Å². The molecule has 1 fully saturated rings. The summed E-state index contributed by atoms with van der Waals surface area (Å²) in [6, 6.07) is 7.33. The Morgan fingerprint density at radius 2 is 2.16 bits per heavy atom. The highest BCUT2D eigenvalue weighted by Gasteiger charge is 2.41. The van der Waals surface area contributed by atoms with Crippen LogP contribution in [-0.4, -0.2) is 28.8 Å². The number of carbonyl (C=O) groups excluding carboxylic acids is 2. The zero-order valence-corrected chi connectivity index (χ0v) is 11.8. The van der Waals surface area contributed by atoms with Crippen LogP contribution in [0.1, 0.15) is 25.8 Å². The summed E-state index contributed by atoms with van der Waals surface area (Å²) in [4.78, 5) is 25.7. The van der Waals surface area contributed by atoms with E-state index < -0.39 is 5.54 Å². The molecular weight excluding hydrogens is 264 g/mol. The minimum absolute atomic E-state index is 0.0467. The van der Waals surface area contributed by atoms with E-state index in [4.69, 9.17) is 11.6 Å². The van der Waals surface area contributed by atoms with Crippen molar-refractivity contribution < 1.29 is 9.59 Å². The van der Waals surface area contributed by atoms with E-state index in [2.05, 4.69) is 5.32 Å². The summed E-state index contributed by atoms with van der Waals surface area (Å²) in [5.74, 6) is -0.166. The van der Waals surface area contributed by atoms with Crippen LogP contribution in [0.2, 0.25) is 5.02 Å². The average molecular weight is 281 g/mol. The van der Waals surface area contributed by atoms with E-state index in [9.17, 15) is 9.59 Å². The normalized spacial score (nSPS) is 23.4. The van der Waals surface area contributed by atoms with Crippen molar-refractivity contribution in [2.45, 2.75) is 32.4 Å². The Hall–Kier alpha value is -1.55. The number of nitrogens with zero attached hydrogens (tertiary/aromatic N) is 1. The molecule has 0 spiro atoms. The van der Waals surface area contributed by atoms with Crippen molar-refractivity contribution in [1.29, 1.82) is 0 Å². The van der Waals surface area contributed by atoms with Gasteiger partial charge in [-0.25, -0.2) is 0 Å². The van der Waals surface area contributed by atoms with Crippen LogP contribution in [0.3, 0.4) is 0 Å². The standard InChI is InChI=1S/C14H17ClN2O2/c1-3-14(2)13(19)17(9-12(18)16-14)8-10-5-4-6-11(15)7-10/h4-7H,3,8-9H2,1-2H3,(H,16,18). The lowest BCUT2D eigenvalue weighted by Crippen LogP contribution is -2.64. The first kappa shape index (κ1) is 13.9. The molecular formula is C14H17ClN2O2. The van der Waals surface area contributed by atoms with Gasteiger partial charge in [-0.1, -0.05) is 30.7 Å². The number of rotatable bonds is 3. The lowest BCUT2D eigenvalue weighted by Gasteiger charge is -2.39. The lowest BCUT2D eigenvalue weighted by molar-refractivity contribution is -0.149. The SMILES string of the molecule is CCC1(C)NC(=O)CN(Cc2cccc(Cl)c2)C1=O. The van der Waals surface area contributed by atoms with Gasteiger partial charge in [0, 0.05) is 11.6 Å². The van der Waals surface area contributed by atoms with Crippen LogP contribution in [0.4, 0.5) is 0 Å². The van der Waals surface area contributed by atoms with E-state index in [1.54, 1.807) is 17.9 Å². The first-order chi connectivity index (χ1) is 8.94. The Morgan fingerprint density at radius 1 is 1.42 bits per heavy atom. The highest BCUT2D eigenvalue weighted by Crippen LogP contribution is 2.20. The summed E-state index contributed by atoms with van der Waals surface area (Å²) in [6.07, 6.45) is 0.573. The summed E-state index contributed by atoms with van der Waals surface area (Å²) < 4.78 is 0. The zero-order valence-electron chi connectivity index (χ0n) is 11.1. The number of amides is 2. The van der Waals surface area contributed by atoms with Crippen LogP contribution in [0.5, 0.6) is 0 Å². The highest BCUT2D eigenvalue weighted by atomic mass is 35.5. The Balaban J connectivity index is 2.19. The van der Waals surface area contributed by atoms with Crippen LogP contribution in [-0.2, 0) is 16.1 Å². The van der Waals surface area contributed by atoms with Crippen molar-refractivity contribution in [2.75, 3.05) is 6.54 Å². The number of hydrogen-bond donors (Lipinski definition) is 1. The molecule has 0 saturated carbocycles. The first-order valence-electron chi connectivity index (χ1n) is 6.29. The third-order valence-corrected chi connectivity index (χ3v) is 3.71. The van der Waals surface area contributed by atoms with Crippen molar-refractivity contribution in [2.24, 2.45) is 0 Å². The molecule has 5 heteroatoms. The second-order valence-corrected chi connectivity index (χ2v) is 5.46. The fourth-order valence-electron chi connectivity index (χ4n) is 2.22. The van der Waals surface area contributed by atoms with E-state index in [1.807, 2.05) is 25.1 Å². The number of nitrogens with one attached hydrogen (secondary N) is 1. The summed E-state index contributed by atoms with van der Waals surface area (Å²) in [5.41, 5.74) is 0.127. The Morgan fingerprint density at radius 3 is 2.79 bits per heavy atom. The van der Waals surface area contributed by atoms with Gasteiger partial charge in [0.1, 0.15) is 5.54 Å². The topological polar surface area (TPSA) is 49.4 Å². The van der Waals surface area contributed by atoms with Crippen LogP contribution < -0.4 is 5.32 Å². The highest BCUT2D eigenvalue weighted by molar-refractivity contribution is 6.30. The first-order valence-corrected chi connectivity index (χ1v) is 6.67. The van der Waals surface area contributed by atoms with Crippen molar-refractivity contribution in [3.63, 3.8) is 0 Å². The van der Waals surface area contributed by atoms with Gasteiger partial charge in [-0.15, -0.1) is 0 Å². The van der Waals surface area contributed by atoms with Crippen molar-refractivity contribution in [3.8, 4) is 0 Å². The molecule has 4 nitrogen and oxygen atoms in total. The number of piperazine rings is 1. The summed E-state index contributed by atoms with van der Waals surface area (Å²) in [5, 5.41) is 3.39. The maximum atomic E-state index is 12.4. The number of halogens is 1. The maximum absolute atomic E-state index is 12.4. The van der Waals surface area contributed by atoms with Gasteiger partial charge in [0.05, 0.1) is 6.54 Å². The quantitative estimate of drug-likeness (QED) is 0.920. The largest absolute Gasteiger partial charge is 0.340 e. The maximum Gasteiger partial charge on any atom is 0.248 e. The Labute approximate surface area is 117 Å². The second kappa shape index (κ2) is 5.21. The average Bonchev–Trinajstić information content (AvgIpc) is 2.35. The van der Waals surface area contributed by atoms with Crippen LogP contribution in [0.25, 0.3) is 0 Å². The zero-order chi connectivity index (χ0) is 14.0. The third-order valence-electron chi connectivity index (χ3n) is 3.48. The molecule has 1 aliphatic rings. The molecule has 2 amide bonds. The van der Waals surface area contributed by atoms with E-state index in [0.717, 1.165) is 5.56 Å². The summed E-state index contributed by atoms with van der Waals surface area (Å²) in [7, 11) is 0. The molecule has 1 aromatic carbocycles. The minimum Gasteiger partial charge on any atom is -0.340 e. The molecule has 0 bridgehead atoms. The molecule has 19 heavy (non-hydrogen) atoms. The Bertz CT molecular complexity index is 518. The van der Waals surface area contributed by atoms with E-state index >= 15 is 0 Å². The van der Waals surface area contributed by atoms with Gasteiger partial charge in [-0.3, -0.25) is 9.59 Å². The third kappa shape index (κ3) is 2.89. The van der Waals surface area contributed by atoms with Crippen molar-refractivity contribution in [3.05, 3.63) is 34.9 Å². The predicted octanol–water partition coefficient (Wildman–Crippen LogP) is 1.97. The number of hydrogen-bond acceptors (Lipinski definition) is 2. The van der Waals surface area contributed by atoms with Crippen molar-refractivity contribution in [1.82, 2.24) is 10.2 Å². The molecule has 1 saturated heterocycles. The molecule has 1 aliphatic heterocycles. The van der Waals surface area contributed by atoms with E-state index in [-0.39, 0.29) is 18.4 Å². The van der Waals surface area contributed by atoms with Crippen LogP contribution >= 0.6 is 11.6 Å². The molecule has 1 N–H and O–H groups in total. The predicted molar refractivity (Wildman–Crippen MR) is 73.7 cm³/mol. The molecule has 102 valence electrons. The molecule has 2 rings (SSSR count). The van der Waals surface area contributed by atoms with Gasteiger partial charge in [0.25, 0.3) is 0 Å². The van der Waals surface area contributed by atoms with E-state index in [1.165, 1.54) is 0 Å². The fraction of sp³-hybridized carbons (Fsp3) is 0.429. The smallest absolute Gasteiger partial charge is 0.248 e. The Kier molecular flexibility index (Phi) is 3.80. The van der Waals surface area contributed by atoms with Crippen LogP contribution in [0, 0.1) is 0 Å². The minimum atomic E-state index is -0.798. The lowest BCUT2D eigenvalue weighted by atomic mass is 9.94. The van der Waals surface area contributed by atoms with Gasteiger partial charge < -0.3 is 10.2 Å². The molecule has 1 unspecified atom stereocenters. The van der Waals surface area contributed by atoms with Gasteiger partial charge in [0.15, 0.2) is 0 Å². The fourth-order valence-corrected chi connectivity index (χ4v) is 2.43. The molecule has 1 aromatic rings. The summed E-state index contributed by atoms with van der Waals surface area (Å²) >= 11 is 5.93. The van der Waals surface area contributed by atoms with Gasteiger partial charge >= 0.3 is 0 Å². The molecule has 0 radical (unpaired) electrons.